The van der Waals surface area contributed by atoms with Crippen molar-refractivity contribution in [2.45, 2.75) is 32.5 Å². The number of rotatable bonds is 6. The fraction of sp³-hybridized carbons (Fsp3) is 0.400. The lowest BCUT2D eigenvalue weighted by Crippen LogP contribution is -2.41. The number of amides is 3. The maximum atomic E-state index is 13.0. The van der Waals surface area contributed by atoms with Crippen molar-refractivity contribution in [2.75, 3.05) is 23.3 Å². The van der Waals surface area contributed by atoms with Gasteiger partial charge < -0.3 is 10.2 Å². The molecule has 0 saturated carbocycles. The zero-order chi connectivity index (χ0) is 22.8. The number of aromatic nitrogens is 2. The van der Waals surface area contributed by atoms with E-state index in [0.29, 0.717) is 16.7 Å². The number of urea groups is 1. The SMILES string of the molecule is CC(C)C[C@H]1CN(c2ccc(C(F)(F)F)nc2)C(=O)N1CC(=O)Nc1ccc(Br)nc1. The Hall–Kier alpha value is -2.69. The van der Waals surface area contributed by atoms with E-state index in [4.69, 9.17) is 0 Å². The molecular weight excluding hydrogens is 479 g/mol. The smallest absolute Gasteiger partial charge is 0.323 e. The van der Waals surface area contributed by atoms with Crippen LogP contribution in [0.15, 0.2) is 41.3 Å². The maximum Gasteiger partial charge on any atom is 0.433 e. The molecule has 1 aliphatic rings. The highest BCUT2D eigenvalue weighted by Crippen LogP contribution is 2.31. The summed E-state index contributed by atoms with van der Waals surface area (Å²) in [6.45, 7) is 4.07. The van der Waals surface area contributed by atoms with Gasteiger partial charge in [-0.1, -0.05) is 13.8 Å². The van der Waals surface area contributed by atoms with E-state index in [1.807, 2.05) is 13.8 Å². The summed E-state index contributed by atoms with van der Waals surface area (Å²) in [5.41, 5.74) is -0.281. The van der Waals surface area contributed by atoms with Crippen LogP contribution < -0.4 is 10.2 Å². The predicted octanol–water partition coefficient (Wildman–Crippen LogP) is 4.55. The topological polar surface area (TPSA) is 78.4 Å². The van der Waals surface area contributed by atoms with Crippen LogP contribution in [-0.2, 0) is 11.0 Å². The fourth-order valence-electron chi connectivity index (χ4n) is 3.38. The minimum atomic E-state index is -4.56. The van der Waals surface area contributed by atoms with Gasteiger partial charge in [0.15, 0.2) is 0 Å². The van der Waals surface area contributed by atoms with Gasteiger partial charge >= 0.3 is 12.2 Å². The van der Waals surface area contributed by atoms with Gasteiger partial charge in [0.05, 0.1) is 29.8 Å². The van der Waals surface area contributed by atoms with E-state index < -0.39 is 23.8 Å². The molecule has 3 amide bonds. The number of anilines is 2. The zero-order valence-electron chi connectivity index (χ0n) is 16.9. The van der Waals surface area contributed by atoms with Gasteiger partial charge in [-0.25, -0.2) is 14.8 Å². The highest BCUT2D eigenvalue weighted by Gasteiger charge is 2.40. The molecule has 0 radical (unpaired) electrons. The van der Waals surface area contributed by atoms with E-state index in [9.17, 15) is 22.8 Å². The van der Waals surface area contributed by atoms with Crippen molar-refractivity contribution in [3.63, 3.8) is 0 Å². The summed E-state index contributed by atoms with van der Waals surface area (Å²) < 4.78 is 39.0. The number of carbonyl (C=O) groups is 2. The Labute approximate surface area is 185 Å². The molecule has 0 bridgehead atoms. The highest BCUT2D eigenvalue weighted by molar-refractivity contribution is 9.10. The Morgan fingerprint density at radius 1 is 1.23 bits per heavy atom. The molecule has 0 aromatic carbocycles. The van der Waals surface area contributed by atoms with Gasteiger partial charge in [-0.3, -0.25) is 9.69 Å². The Balaban J connectivity index is 1.75. The monoisotopic (exact) mass is 499 g/mol. The molecule has 3 rings (SSSR count). The molecule has 0 spiro atoms. The third kappa shape index (κ3) is 5.72. The van der Waals surface area contributed by atoms with Gasteiger partial charge in [-0.2, -0.15) is 13.2 Å². The van der Waals surface area contributed by atoms with Crippen LogP contribution in [0.4, 0.5) is 29.3 Å². The van der Waals surface area contributed by atoms with Crippen LogP contribution in [0, 0.1) is 5.92 Å². The van der Waals surface area contributed by atoms with E-state index in [-0.39, 0.29) is 30.7 Å². The Morgan fingerprint density at radius 2 is 1.97 bits per heavy atom. The van der Waals surface area contributed by atoms with Gasteiger partial charge in [0.2, 0.25) is 5.91 Å². The summed E-state index contributed by atoms with van der Waals surface area (Å²) in [6, 6.07) is 4.71. The number of nitrogens with zero attached hydrogens (tertiary/aromatic N) is 4. The molecule has 1 atom stereocenters. The number of alkyl halides is 3. The molecule has 2 aromatic rings. The second kappa shape index (κ2) is 9.21. The van der Waals surface area contributed by atoms with Crippen molar-refractivity contribution in [1.82, 2.24) is 14.9 Å². The molecule has 11 heteroatoms. The van der Waals surface area contributed by atoms with Crippen molar-refractivity contribution in [2.24, 2.45) is 5.92 Å². The summed E-state index contributed by atoms with van der Waals surface area (Å²) in [7, 11) is 0. The van der Waals surface area contributed by atoms with Gasteiger partial charge in [-0.05, 0) is 52.5 Å². The van der Waals surface area contributed by atoms with Gasteiger partial charge in [-0.15, -0.1) is 0 Å². The normalized spacial score (nSPS) is 16.9. The van der Waals surface area contributed by atoms with Crippen LogP contribution in [-0.4, -0.2) is 45.9 Å². The first kappa shape index (κ1) is 23.0. The number of pyridine rings is 2. The van der Waals surface area contributed by atoms with Crippen molar-refractivity contribution >= 4 is 39.2 Å². The number of carbonyl (C=O) groups excluding carboxylic acids is 2. The van der Waals surface area contributed by atoms with Crippen molar-refractivity contribution in [3.05, 3.63) is 47.0 Å². The van der Waals surface area contributed by atoms with Crippen LogP contribution in [0.2, 0.25) is 0 Å². The number of halogens is 4. The summed E-state index contributed by atoms with van der Waals surface area (Å²) >= 11 is 3.22. The predicted molar refractivity (Wildman–Crippen MR) is 112 cm³/mol. The summed E-state index contributed by atoms with van der Waals surface area (Å²) in [4.78, 5) is 35.8. The molecule has 31 heavy (non-hydrogen) atoms. The van der Waals surface area contributed by atoms with Gasteiger partial charge in [0.1, 0.15) is 16.8 Å². The molecule has 1 fully saturated rings. The second-order valence-corrected chi connectivity index (χ2v) is 8.43. The number of hydrogen-bond acceptors (Lipinski definition) is 4. The molecule has 166 valence electrons. The third-order valence-corrected chi connectivity index (χ3v) is 5.20. The lowest BCUT2D eigenvalue weighted by Gasteiger charge is -2.23. The molecule has 0 aliphatic carbocycles. The first-order chi connectivity index (χ1) is 14.5. The molecular formula is C20H21BrF3N5O2. The zero-order valence-corrected chi connectivity index (χ0v) is 18.4. The Kier molecular flexibility index (Phi) is 6.83. The minimum Gasteiger partial charge on any atom is -0.323 e. The fourth-order valence-corrected chi connectivity index (χ4v) is 3.61. The van der Waals surface area contributed by atoms with E-state index >= 15 is 0 Å². The van der Waals surface area contributed by atoms with Gasteiger partial charge in [0, 0.05) is 6.54 Å². The first-order valence-electron chi connectivity index (χ1n) is 9.57. The maximum absolute atomic E-state index is 13.0. The second-order valence-electron chi connectivity index (χ2n) is 7.62. The average molecular weight is 500 g/mol. The molecule has 1 N–H and O–H groups in total. The van der Waals surface area contributed by atoms with E-state index in [1.54, 1.807) is 12.1 Å². The number of nitrogens with one attached hydrogen (secondary N) is 1. The van der Waals surface area contributed by atoms with Gasteiger partial charge in [0.25, 0.3) is 0 Å². The van der Waals surface area contributed by atoms with Crippen LogP contribution in [0.3, 0.4) is 0 Å². The van der Waals surface area contributed by atoms with E-state index in [0.717, 1.165) is 12.3 Å². The Bertz CT molecular complexity index is 935. The third-order valence-electron chi connectivity index (χ3n) is 4.73. The summed E-state index contributed by atoms with van der Waals surface area (Å²) in [5.74, 6) is -0.136. The van der Waals surface area contributed by atoms with E-state index in [1.165, 1.54) is 22.1 Å². The van der Waals surface area contributed by atoms with Crippen LogP contribution in [0.5, 0.6) is 0 Å². The largest absolute Gasteiger partial charge is 0.433 e. The summed E-state index contributed by atoms with van der Waals surface area (Å²) in [5, 5.41) is 2.70. The highest BCUT2D eigenvalue weighted by atomic mass is 79.9. The molecule has 2 aromatic heterocycles. The van der Waals surface area contributed by atoms with Crippen molar-refractivity contribution in [3.8, 4) is 0 Å². The van der Waals surface area contributed by atoms with Crippen LogP contribution in [0.25, 0.3) is 0 Å². The molecule has 3 heterocycles. The summed E-state index contributed by atoms with van der Waals surface area (Å²) in [6.07, 6.45) is -1.40. The quantitative estimate of drug-likeness (QED) is 0.591. The lowest BCUT2D eigenvalue weighted by atomic mass is 10.0. The van der Waals surface area contributed by atoms with Crippen LogP contribution >= 0.6 is 15.9 Å². The molecule has 1 aliphatic heterocycles. The standard InChI is InChI=1S/C20H21BrF3N5O2/c1-12(2)7-15-10-28(14-4-5-16(25-9-14)20(22,23)24)19(31)29(15)11-18(30)27-13-3-6-17(21)26-8-13/h3-6,8-9,12,15H,7,10-11H2,1-2H3,(H,27,30)/t15-/m0/s1. The van der Waals surface area contributed by atoms with Crippen LogP contribution in [0.1, 0.15) is 26.0 Å². The Morgan fingerprint density at radius 3 is 2.52 bits per heavy atom. The first-order valence-corrected chi connectivity index (χ1v) is 10.4. The minimum absolute atomic E-state index is 0.184. The molecule has 1 saturated heterocycles. The molecule has 0 unspecified atom stereocenters. The van der Waals surface area contributed by atoms with E-state index in [2.05, 4.69) is 31.2 Å². The van der Waals surface area contributed by atoms with Crippen molar-refractivity contribution < 1.29 is 22.8 Å². The molecule has 7 nitrogen and oxygen atoms in total. The average Bonchev–Trinajstić information content (AvgIpc) is 2.98. The number of hydrogen-bond donors (Lipinski definition) is 1. The van der Waals surface area contributed by atoms with Crippen molar-refractivity contribution in [1.29, 1.82) is 0 Å². The lowest BCUT2D eigenvalue weighted by molar-refractivity contribution is -0.141.